The number of benzene rings is 1. The molecule has 2 nitrogen and oxygen atoms in total. The van der Waals surface area contributed by atoms with Crippen LogP contribution in [0.4, 0.5) is 0 Å². The van der Waals surface area contributed by atoms with Gasteiger partial charge < -0.3 is 4.74 Å². The second kappa shape index (κ2) is 8.23. The first-order valence-corrected chi connectivity index (χ1v) is 9.28. The number of esters is 1. The van der Waals surface area contributed by atoms with Crippen molar-refractivity contribution in [3.8, 4) is 0 Å². The van der Waals surface area contributed by atoms with Crippen LogP contribution < -0.4 is 0 Å². The number of ether oxygens (including phenoxy) is 1. The minimum Gasteiger partial charge on any atom is -0.461 e. The standard InChI is InChI=1S/C16H18BrCl3O2/c17-13-8-6-12(7-9-13)14(11-4-2-1-3-5-11)15(21)22-10-16(18,19)20/h6-9,11,14H,1-5,10H2. The Morgan fingerprint density at radius 1 is 1.18 bits per heavy atom. The van der Waals surface area contributed by atoms with Crippen LogP contribution in [0.1, 0.15) is 43.6 Å². The average molecular weight is 429 g/mol. The van der Waals surface area contributed by atoms with E-state index in [9.17, 15) is 4.79 Å². The minimum absolute atomic E-state index is 0.226. The Morgan fingerprint density at radius 3 is 2.32 bits per heavy atom. The van der Waals surface area contributed by atoms with Crippen LogP contribution in [0, 0.1) is 5.92 Å². The fraction of sp³-hybridized carbons (Fsp3) is 0.562. The maximum absolute atomic E-state index is 12.6. The summed E-state index contributed by atoms with van der Waals surface area (Å²) in [5.74, 6) is -0.306. The van der Waals surface area contributed by atoms with E-state index in [1.807, 2.05) is 24.3 Å². The van der Waals surface area contributed by atoms with Crippen molar-refractivity contribution in [1.29, 1.82) is 0 Å². The lowest BCUT2D eigenvalue weighted by atomic mass is 9.77. The molecule has 1 unspecified atom stereocenters. The Morgan fingerprint density at radius 2 is 1.77 bits per heavy atom. The number of rotatable bonds is 4. The van der Waals surface area contributed by atoms with E-state index in [-0.39, 0.29) is 24.4 Å². The van der Waals surface area contributed by atoms with E-state index in [1.54, 1.807) is 0 Å². The lowest BCUT2D eigenvalue weighted by Crippen LogP contribution is -2.28. The van der Waals surface area contributed by atoms with Gasteiger partial charge in [-0.1, -0.05) is 82.1 Å². The fourth-order valence-electron chi connectivity index (χ4n) is 2.98. The lowest BCUT2D eigenvalue weighted by molar-refractivity contribution is -0.147. The number of alkyl halides is 3. The predicted octanol–water partition coefficient (Wildman–Crippen LogP) is 6.03. The van der Waals surface area contributed by atoms with Gasteiger partial charge in [0.2, 0.25) is 3.79 Å². The highest BCUT2D eigenvalue weighted by atomic mass is 79.9. The summed E-state index contributed by atoms with van der Waals surface area (Å²) in [4.78, 5) is 12.6. The molecule has 1 aromatic rings. The number of halogens is 4. The van der Waals surface area contributed by atoms with Crippen molar-refractivity contribution >= 4 is 56.7 Å². The zero-order chi connectivity index (χ0) is 16.2. The summed E-state index contributed by atoms with van der Waals surface area (Å²) in [6.45, 7) is -0.226. The first-order valence-electron chi connectivity index (χ1n) is 7.35. The SMILES string of the molecule is O=C(OCC(Cl)(Cl)Cl)C(c1ccc(Br)cc1)C1CCCCC1. The van der Waals surface area contributed by atoms with Gasteiger partial charge in [-0.25, -0.2) is 0 Å². The summed E-state index contributed by atoms with van der Waals surface area (Å²) in [5, 5.41) is 0. The van der Waals surface area contributed by atoms with E-state index in [1.165, 1.54) is 6.42 Å². The minimum atomic E-state index is -1.58. The second-order valence-electron chi connectivity index (χ2n) is 5.65. The molecule has 22 heavy (non-hydrogen) atoms. The first kappa shape index (κ1) is 18.4. The molecule has 0 amide bonds. The third-order valence-corrected chi connectivity index (χ3v) is 4.84. The van der Waals surface area contributed by atoms with Crippen LogP contribution in [-0.2, 0) is 9.53 Å². The van der Waals surface area contributed by atoms with Crippen LogP contribution in [0.3, 0.4) is 0 Å². The number of hydrogen-bond acceptors (Lipinski definition) is 2. The van der Waals surface area contributed by atoms with Crippen molar-refractivity contribution in [2.45, 2.75) is 41.8 Å². The number of hydrogen-bond donors (Lipinski definition) is 0. The van der Waals surface area contributed by atoms with E-state index in [4.69, 9.17) is 39.5 Å². The monoisotopic (exact) mass is 426 g/mol. The number of carbonyl (C=O) groups excluding carboxylic acids is 1. The molecule has 1 aliphatic carbocycles. The Hall–Kier alpha value is 0.0400. The maximum Gasteiger partial charge on any atom is 0.313 e. The van der Waals surface area contributed by atoms with Crippen molar-refractivity contribution < 1.29 is 9.53 Å². The molecule has 1 atom stereocenters. The molecule has 1 aromatic carbocycles. The summed E-state index contributed by atoms with van der Waals surface area (Å²) in [7, 11) is 0. The van der Waals surface area contributed by atoms with E-state index in [0.717, 1.165) is 35.7 Å². The van der Waals surface area contributed by atoms with Gasteiger partial charge in [0, 0.05) is 4.47 Å². The third kappa shape index (κ3) is 5.59. The van der Waals surface area contributed by atoms with Crippen molar-refractivity contribution in [2.24, 2.45) is 5.92 Å². The van der Waals surface area contributed by atoms with Gasteiger partial charge in [0.15, 0.2) is 0 Å². The molecule has 122 valence electrons. The molecule has 1 saturated carbocycles. The summed E-state index contributed by atoms with van der Waals surface area (Å²) in [5.41, 5.74) is 0.962. The van der Waals surface area contributed by atoms with Gasteiger partial charge in [0.05, 0.1) is 5.92 Å². The maximum atomic E-state index is 12.6. The van der Waals surface area contributed by atoms with Gasteiger partial charge in [-0.2, -0.15) is 0 Å². The van der Waals surface area contributed by atoms with E-state index < -0.39 is 3.79 Å². The van der Waals surface area contributed by atoms with Crippen molar-refractivity contribution in [3.63, 3.8) is 0 Å². The first-order chi connectivity index (χ1) is 10.4. The van der Waals surface area contributed by atoms with Crippen LogP contribution in [0.2, 0.25) is 0 Å². The van der Waals surface area contributed by atoms with Crippen molar-refractivity contribution in [2.75, 3.05) is 6.61 Å². The van der Waals surface area contributed by atoms with E-state index in [0.29, 0.717) is 0 Å². The highest BCUT2D eigenvalue weighted by Crippen LogP contribution is 2.38. The third-order valence-electron chi connectivity index (χ3n) is 3.98. The van der Waals surface area contributed by atoms with E-state index in [2.05, 4.69) is 15.9 Å². The van der Waals surface area contributed by atoms with E-state index >= 15 is 0 Å². The molecule has 1 fully saturated rings. The largest absolute Gasteiger partial charge is 0.461 e. The smallest absolute Gasteiger partial charge is 0.313 e. The van der Waals surface area contributed by atoms with Gasteiger partial charge in [0.1, 0.15) is 6.61 Å². The molecule has 1 aliphatic rings. The highest BCUT2D eigenvalue weighted by Gasteiger charge is 2.33. The van der Waals surface area contributed by atoms with Gasteiger partial charge >= 0.3 is 5.97 Å². The zero-order valence-electron chi connectivity index (χ0n) is 12.0. The molecule has 0 saturated heterocycles. The lowest BCUT2D eigenvalue weighted by Gasteiger charge is -2.29. The zero-order valence-corrected chi connectivity index (χ0v) is 15.9. The Bertz CT molecular complexity index is 493. The van der Waals surface area contributed by atoms with Gasteiger partial charge in [-0.3, -0.25) is 4.79 Å². The predicted molar refractivity (Wildman–Crippen MR) is 94.7 cm³/mol. The fourth-order valence-corrected chi connectivity index (χ4v) is 3.41. The summed E-state index contributed by atoms with van der Waals surface area (Å²) >= 11 is 20.5. The van der Waals surface area contributed by atoms with Crippen LogP contribution in [0.25, 0.3) is 0 Å². The Kier molecular flexibility index (Phi) is 6.88. The van der Waals surface area contributed by atoms with Gasteiger partial charge in [-0.15, -0.1) is 0 Å². The molecule has 0 heterocycles. The number of carbonyl (C=O) groups is 1. The molecule has 0 bridgehead atoms. The molecule has 6 heteroatoms. The Labute approximate surface area is 154 Å². The summed E-state index contributed by atoms with van der Waals surface area (Å²) < 4.78 is 4.66. The van der Waals surface area contributed by atoms with Crippen molar-refractivity contribution in [1.82, 2.24) is 0 Å². The van der Waals surface area contributed by atoms with Crippen LogP contribution in [0.5, 0.6) is 0 Å². The molecular formula is C16H18BrCl3O2. The Balaban J connectivity index is 2.17. The molecule has 0 N–H and O–H groups in total. The molecule has 0 spiro atoms. The molecular weight excluding hydrogens is 410 g/mol. The topological polar surface area (TPSA) is 26.3 Å². The molecule has 2 rings (SSSR count). The molecule has 0 aromatic heterocycles. The molecule has 0 aliphatic heterocycles. The second-order valence-corrected chi connectivity index (χ2v) is 9.08. The van der Waals surface area contributed by atoms with Gasteiger partial charge in [0.25, 0.3) is 0 Å². The summed E-state index contributed by atoms with van der Waals surface area (Å²) in [6.07, 6.45) is 5.59. The highest BCUT2D eigenvalue weighted by molar-refractivity contribution is 9.10. The van der Waals surface area contributed by atoms with Crippen LogP contribution in [0.15, 0.2) is 28.7 Å². The van der Waals surface area contributed by atoms with Crippen LogP contribution >= 0.6 is 50.7 Å². The average Bonchev–Trinajstić information content (AvgIpc) is 2.48. The quantitative estimate of drug-likeness (QED) is 0.433. The van der Waals surface area contributed by atoms with Crippen molar-refractivity contribution in [3.05, 3.63) is 34.3 Å². The summed E-state index contributed by atoms with van der Waals surface area (Å²) in [6, 6.07) is 7.79. The van der Waals surface area contributed by atoms with Gasteiger partial charge in [-0.05, 0) is 36.5 Å². The normalized spacial score (nSPS) is 18.0. The molecule has 0 radical (unpaired) electrons. The van der Waals surface area contributed by atoms with Crippen LogP contribution in [-0.4, -0.2) is 16.4 Å².